The number of hydrogen-bond donors (Lipinski definition) is 1. The number of nitrogens with one attached hydrogen (secondary N) is 1. The van der Waals surface area contributed by atoms with Crippen LogP contribution in [0.2, 0.25) is 0 Å². The Morgan fingerprint density at radius 1 is 1.17 bits per heavy atom. The first-order chi connectivity index (χ1) is 14.2. The van der Waals surface area contributed by atoms with E-state index in [9.17, 15) is 13.2 Å². The fourth-order valence-electron chi connectivity index (χ4n) is 2.64. The van der Waals surface area contributed by atoms with E-state index in [1.54, 1.807) is 33.1 Å². The highest BCUT2D eigenvalue weighted by Crippen LogP contribution is 2.27. The van der Waals surface area contributed by atoms with E-state index in [2.05, 4.69) is 10.3 Å². The summed E-state index contributed by atoms with van der Waals surface area (Å²) in [4.78, 5) is 17.2. The molecular formula is C21H23N3O4S2. The van der Waals surface area contributed by atoms with Gasteiger partial charge in [0.15, 0.2) is 5.13 Å². The summed E-state index contributed by atoms with van der Waals surface area (Å²) in [5.41, 5.74) is 1.87. The van der Waals surface area contributed by atoms with Crippen LogP contribution in [0.25, 0.3) is 11.3 Å². The van der Waals surface area contributed by atoms with Crippen molar-refractivity contribution in [2.24, 2.45) is 0 Å². The maximum Gasteiger partial charge on any atom is 0.257 e. The van der Waals surface area contributed by atoms with Crippen molar-refractivity contribution in [2.45, 2.75) is 24.8 Å². The molecule has 0 aliphatic rings. The molecule has 0 saturated carbocycles. The number of amides is 1. The lowest BCUT2D eigenvalue weighted by Gasteiger charge is -2.21. The molecule has 0 saturated heterocycles. The van der Waals surface area contributed by atoms with E-state index in [-0.39, 0.29) is 16.5 Å². The van der Waals surface area contributed by atoms with Crippen LogP contribution in [0.1, 0.15) is 24.2 Å². The Labute approximate surface area is 180 Å². The summed E-state index contributed by atoms with van der Waals surface area (Å²) >= 11 is 1.30. The molecule has 0 aliphatic carbocycles. The van der Waals surface area contributed by atoms with Crippen molar-refractivity contribution >= 4 is 32.4 Å². The first kappa shape index (κ1) is 21.9. The molecule has 3 aromatic rings. The maximum atomic E-state index is 12.7. The van der Waals surface area contributed by atoms with Gasteiger partial charge in [0, 0.05) is 29.6 Å². The molecule has 1 amide bonds. The minimum Gasteiger partial charge on any atom is -0.497 e. The quantitative estimate of drug-likeness (QED) is 0.591. The van der Waals surface area contributed by atoms with Crippen LogP contribution in [0.5, 0.6) is 5.75 Å². The van der Waals surface area contributed by atoms with E-state index in [0.717, 1.165) is 17.0 Å². The molecule has 9 heteroatoms. The molecule has 1 aromatic heterocycles. The summed E-state index contributed by atoms with van der Waals surface area (Å²) in [5, 5.41) is 5.01. The molecule has 0 radical (unpaired) electrons. The largest absolute Gasteiger partial charge is 0.497 e. The van der Waals surface area contributed by atoms with Crippen LogP contribution in [-0.4, -0.2) is 43.8 Å². The zero-order chi connectivity index (χ0) is 21.9. The van der Waals surface area contributed by atoms with Gasteiger partial charge in [-0.2, -0.15) is 4.31 Å². The van der Waals surface area contributed by atoms with Crippen LogP contribution in [-0.2, 0) is 10.0 Å². The fraction of sp³-hybridized carbons (Fsp3) is 0.238. The monoisotopic (exact) mass is 445 g/mol. The van der Waals surface area contributed by atoms with E-state index in [1.807, 2.05) is 29.6 Å². The van der Waals surface area contributed by atoms with Gasteiger partial charge in [0.2, 0.25) is 10.0 Å². The van der Waals surface area contributed by atoms with Crippen molar-refractivity contribution in [1.29, 1.82) is 0 Å². The third kappa shape index (κ3) is 4.69. The third-order valence-corrected chi connectivity index (χ3v) is 7.40. The second kappa shape index (κ2) is 8.95. The molecule has 30 heavy (non-hydrogen) atoms. The number of thiazole rings is 1. The lowest BCUT2D eigenvalue weighted by molar-refractivity contribution is 0.102. The maximum absolute atomic E-state index is 12.7. The Hall–Kier alpha value is -2.75. The molecule has 158 valence electrons. The summed E-state index contributed by atoms with van der Waals surface area (Å²) in [6, 6.07) is 13.2. The van der Waals surface area contributed by atoms with Gasteiger partial charge in [-0.1, -0.05) is 6.07 Å². The highest BCUT2D eigenvalue weighted by Gasteiger charge is 2.24. The Morgan fingerprint density at radius 2 is 1.87 bits per heavy atom. The van der Waals surface area contributed by atoms with Gasteiger partial charge in [-0.3, -0.25) is 10.1 Å². The van der Waals surface area contributed by atoms with Crippen molar-refractivity contribution < 1.29 is 17.9 Å². The van der Waals surface area contributed by atoms with Crippen LogP contribution in [0.4, 0.5) is 5.13 Å². The van der Waals surface area contributed by atoms with Gasteiger partial charge in [-0.25, -0.2) is 13.4 Å². The summed E-state index contributed by atoms with van der Waals surface area (Å²) in [6.45, 7) is 3.58. The van der Waals surface area contributed by atoms with Crippen LogP contribution in [0.3, 0.4) is 0 Å². The van der Waals surface area contributed by atoms with Crippen molar-refractivity contribution in [3.63, 3.8) is 0 Å². The van der Waals surface area contributed by atoms with Crippen LogP contribution < -0.4 is 10.1 Å². The minimum absolute atomic E-state index is 0.0735. The number of aromatic nitrogens is 1. The molecule has 1 N–H and O–H groups in total. The number of hydrogen-bond acceptors (Lipinski definition) is 6. The number of nitrogens with zero attached hydrogens (tertiary/aromatic N) is 2. The summed E-state index contributed by atoms with van der Waals surface area (Å²) in [6.07, 6.45) is 0. The average molecular weight is 446 g/mol. The number of anilines is 1. The Kier molecular flexibility index (Phi) is 6.55. The normalized spacial score (nSPS) is 11.7. The SMILES string of the molecule is COc1ccc(-c2csc(NC(=O)c3cccc(S(=O)(=O)N(C)C(C)C)c3)n2)cc1. The highest BCUT2D eigenvalue weighted by molar-refractivity contribution is 7.89. The van der Waals surface area contributed by atoms with Gasteiger partial charge < -0.3 is 4.74 Å². The second-order valence-corrected chi connectivity index (χ2v) is 9.72. The molecule has 1 heterocycles. The number of carbonyl (C=O) groups is 1. The number of benzene rings is 2. The Morgan fingerprint density at radius 3 is 2.50 bits per heavy atom. The molecule has 3 rings (SSSR count). The van der Waals surface area contributed by atoms with E-state index < -0.39 is 15.9 Å². The number of ether oxygens (including phenoxy) is 1. The van der Waals surface area contributed by atoms with Gasteiger partial charge in [0.05, 0.1) is 17.7 Å². The van der Waals surface area contributed by atoms with Crippen LogP contribution in [0.15, 0.2) is 58.8 Å². The van der Waals surface area contributed by atoms with Crippen molar-refractivity contribution in [3.05, 3.63) is 59.5 Å². The smallest absolute Gasteiger partial charge is 0.257 e. The van der Waals surface area contributed by atoms with Gasteiger partial charge in [0.25, 0.3) is 5.91 Å². The first-order valence-corrected chi connectivity index (χ1v) is 11.5. The van der Waals surface area contributed by atoms with Crippen LogP contribution in [0, 0.1) is 0 Å². The summed E-state index contributed by atoms with van der Waals surface area (Å²) in [7, 11) is -0.554. The molecular weight excluding hydrogens is 422 g/mol. The molecule has 0 unspecified atom stereocenters. The summed E-state index contributed by atoms with van der Waals surface area (Å²) in [5.74, 6) is 0.329. The van der Waals surface area contributed by atoms with Gasteiger partial charge in [0.1, 0.15) is 5.75 Å². The molecule has 0 atom stereocenters. The topological polar surface area (TPSA) is 88.6 Å². The Bertz CT molecular complexity index is 1140. The lowest BCUT2D eigenvalue weighted by atomic mass is 10.2. The predicted molar refractivity (Wildman–Crippen MR) is 119 cm³/mol. The molecule has 0 spiro atoms. The number of rotatable bonds is 7. The molecule has 0 aliphatic heterocycles. The van der Waals surface area contributed by atoms with E-state index in [1.165, 1.54) is 34.8 Å². The van der Waals surface area contributed by atoms with Crippen molar-refractivity contribution in [1.82, 2.24) is 9.29 Å². The minimum atomic E-state index is -3.67. The summed E-state index contributed by atoms with van der Waals surface area (Å²) < 4.78 is 31.8. The molecule has 2 aromatic carbocycles. The molecule has 0 fully saturated rings. The Balaban J connectivity index is 1.78. The van der Waals surface area contributed by atoms with Gasteiger partial charge in [-0.15, -0.1) is 11.3 Å². The number of carbonyl (C=O) groups excluding carboxylic acids is 1. The fourth-order valence-corrected chi connectivity index (χ4v) is 4.77. The molecule has 0 bridgehead atoms. The van der Waals surface area contributed by atoms with E-state index in [4.69, 9.17) is 4.74 Å². The van der Waals surface area contributed by atoms with Crippen molar-refractivity contribution in [2.75, 3.05) is 19.5 Å². The highest BCUT2D eigenvalue weighted by atomic mass is 32.2. The van der Waals surface area contributed by atoms with Crippen LogP contribution >= 0.6 is 11.3 Å². The van der Waals surface area contributed by atoms with E-state index >= 15 is 0 Å². The number of methoxy groups -OCH3 is 1. The zero-order valence-electron chi connectivity index (χ0n) is 17.1. The van der Waals surface area contributed by atoms with Gasteiger partial charge >= 0.3 is 0 Å². The molecule has 7 nitrogen and oxygen atoms in total. The van der Waals surface area contributed by atoms with Crippen molar-refractivity contribution in [3.8, 4) is 17.0 Å². The lowest BCUT2D eigenvalue weighted by Crippen LogP contribution is -2.33. The third-order valence-electron chi connectivity index (χ3n) is 4.61. The first-order valence-electron chi connectivity index (χ1n) is 9.22. The van der Waals surface area contributed by atoms with E-state index in [0.29, 0.717) is 5.13 Å². The second-order valence-electron chi connectivity index (χ2n) is 6.86. The predicted octanol–water partition coefficient (Wildman–Crippen LogP) is 4.10. The zero-order valence-corrected chi connectivity index (χ0v) is 18.8. The number of sulfonamides is 1. The van der Waals surface area contributed by atoms with Gasteiger partial charge in [-0.05, 0) is 56.3 Å². The average Bonchev–Trinajstić information content (AvgIpc) is 3.21. The standard InChI is InChI=1S/C21H23N3O4S2/c1-14(2)24(3)30(26,27)18-7-5-6-16(12-18)20(25)23-21-22-19(13-29-21)15-8-10-17(28-4)11-9-15/h5-14H,1-4H3,(H,22,23,25).